The van der Waals surface area contributed by atoms with Crippen molar-refractivity contribution in [2.24, 2.45) is 0 Å². The molecule has 0 spiro atoms. The second-order valence-electron chi connectivity index (χ2n) is 5.22. The predicted octanol–water partition coefficient (Wildman–Crippen LogP) is 4.74. The molecular weight excluding hydrogens is 314 g/mol. The molecule has 1 unspecified atom stereocenters. The van der Waals surface area contributed by atoms with Gasteiger partial charge in [-0.15, -0.1) is 0 Å². The summed E-state index contributed by atoms with van der Waals surface area (Å²) in [6.45, 7) is 3.86. The van der Waals surface area contributed by atoms with E-state index >= 15 is 0 Å². The maximum Gasteiger partial charge on any atom is 0.122 e. The topological polar surface area (TPSA) is 21.3 Å². The smallest absolute Gasteiger partial charge is 0.122 e. The quantitative estimate of drug-likeness (QED) is 0.877. The van der Waals surface area contributed by atoms with Gasteiger partial charge in [0.2, 0.25) is 0 Å². The molecule has 0 radical (unpaired) electrons. The number of rotatable bonds is 3. The van der Waals surface area contributed by atoms with E-state index in [4.69, 9.17) is 4.74 Å². The first kappa shape index (κ1) is 13.5. The van der Waals surface area contributed by atoms with Gasteiger partial charge in [-0.05, 0) is 48.7 Å². The van der Waals surface area contributed by atoms with E-state index in [1.165, 1.54) is 16.8 Å². The summed E-state index contributed by atoms with van der Waals surface area (Å²) in [5.41, 5.74) is 3.75. The van der Waals surface area contributed by atoms with Gasteiger partial charge in [0, 0.05) is 22.6 Å². The molecule has 104 valence electrons. The van der Waals surface area contributed by atoms with Crippen molar-refractivity contribution in [3.8, 4) is 5.75 Å². The summed E-state index contributed by atoms with van der Waals surface area (Å²) in [5.74, 6) is 1.56. The Morgan fingerprint density at radius 3 is 2.95 bits per heavy atom. The highest BCUT2D eigenvalue weighted by atomic mass is 79.9. The zero-order valence-electron chi connectivity index (χ0n) is 11.5. The van der Waals surface area contributed by atoms with Crippen LogP contribution in [0.25, 0.3) is 0 Å². The third-order valence-electron chi connectivity index (χ3n) is 3.79. The molecule has 1 N–H and O–H groups in total. The van der Waals surface area contributed by atoms with E-state index < -0.39 is 0 Å². The predicted molar refractivity (Wildman–Crippen MR) is 86.7 cm³/mol. The number of fused-ring (bicyclic) bond motifs is 1. The Balaban J connectivity index is 1.71. The van der Waals surface area contributed by atoms with Crippen LogP contribution in [-0.4, -0.2) is 13.2 Å². The molecule has 0 amide bonds. The van der Waals surface area contributed by atoms with Crippen LogP contribution in [0.4, 0.5) is 5.69 Å². The molecule has 2 nitrogen and oxygen atoms in total. The van der Waals surface area contributed by atoms with Crippen molar-refractivity contribution >= 4 is 21.6 Å². The van der Waals surface area contributed by atoms with Crippen molar-refractivity contribution in [1.82, 2.24) is 0 Å². The molecule has 0 fully saturated rings. The molecule has 0 saturated carbocycles. The van der Waals surface area contributed by atoms with E-state index in [9.17, 15) is 0 Å². The summed E-state index contributed by atoms with van der Waals surface area (Å²) in [6, 6.07) is 14.7. The number of aryl methyl sites for hydroxylation is 1. The molecule has 0 saturated heterocycles. The van der Waals surface area contributed by atoms with E-state index in [1.807, 2.05) is 6.07 Å². The molecule has 1 atom stereocenters. The lowest BCUT2D eigenvalue weighted by Crippen LogP contribution is -2.20. The fourth-order valence-electron chi connectivity index (χ4n) is 2.62. The minimum atomic E-state index is 0.518. The van der Waals surface area contributed by atoms with Gasteiger partial charge in [0.25, 0.3) is 0 Å². The van der Waals surface area contributed by atoms with Crippen LogP contribution in [0.3, 0.4) is 0 Å². The maximum absolute atomic E-state index is 5.71. The van der Waals surface area contributed by atoms with Crippen LogP contribution in [0.15, 0.2) is 46.9 Å². The van der Waals surface area contributed by atoms with Crippen LogP contribution in [0.1, 0.15) is 23.5 Å². The normalized spacial score (nSPS) is 17.2. The maximum atomic E-state index is 5.71. The monoisotopic (exact) mass is 331 g/mol. The van der Waals surface area contributed by atoms with Gasteiger partial charge in [-0.25, -0.2) is 0 Å². The molecule has 1 heterocycles. The molecule has 3 rings (SSSR count). The van der Waals surface area contributed by atoms with Gasteiger partial charge in [-0.1, -0.05) is 34.1 Å². The first-order valence-corrected chi connectivity index (χ1v) is 7.75. The standard InChI is InChI=1S/C17H18BrNO/c1-12-10-14(6-7-16(12)18)19-11-13-8-9-20-17-5-3-2-4-15(13)17/h2-7,10,13,19H,8-9,11H2,1H3. The molecular formula is C17H18BrNO. The summed E-state index contributed by atoms with van der Waals surface area (Å²) in [4.78, 5) is 0. The lowest BCUT2D eigenvalue weighted by molar-refractivity contribution is 0.270. The molecule has 20 heavy (non-hydrogen) atoms. The molecule has 1 aliphatic rings. The third-order valence-corrected chi connectivity index (χ3v) is 4.68. The van der Waals surface area contributed by atoms with Gasteiger partial charge in [-0.3, -0.25) is 0 Å². The second-order valence-corrected chi connectivity index (χ2v) is 6.07. The van der Waals surface area contributed by atoms with Gasteiger partial charge in [0.05, 0.1) is 6.61 Å². The van der Waals surface area contributed by atoms with Crippen molar-refractivity contribution in [1.29, 1.82) is 0 Å². The first-order chi connectivity index (χ1) is 9.74. The first-order valence-electron chi connectivity index (χ1n) is 6.96. The van der Waals surface area contributed by atoms with Crippen LogP contribution >= 0.6 is 15.9 Å². The van der Waals surface area contributed by atoms with Gasteiger partial charge in [0.1, 0.15) is 5.75 Å². The number of hydrogen-bond acceptors (Lipinski definition) is 2. The van der Waals surface area contributed by atoms with E-state index in [1.54, 1.807) is 0 Å². The Morgan fingerprint density at radius 2 is 2.10 bits per heavy atom. The fourth-order valence-corrected chi connectivity index (χ4v) is 2.87. The van der Waals surface area contributed by atoms with E-state index in [0.29, 0.717) is 5.92 Å². The second kappa shape index (κ2) is 5.88. The van der Waals surface area contributed by atoms with Crippen LogP contribution in [0.2, 0.25) is 0 Å². The Labute approximate surface area is 128 Å². The van der Waals surface area contributed by atoms with Crippen molar-refractivity contribution in [2.75, 3.05) is 18.5 Å². The van der Waals surface area contributed by atoms with Crippen LogP contribution in [0, 0.1) is 6.92 Å². The Bertz CT molecular complexity index is 612. The largest absolute Gasteiger partial charge is 0.493 e. The highest BCUT2D eigenvalue weighted by Crippen LogP contribution is 2.33. The lowest BCUT2D eigenvalue weighted by Gasteiger charge is -2.26. The summed E-state index contributed by atoms with van der Waals surface area (Å²) in [6.07, 6.45) is 1.07. The average Bonchev–Trinajstić information content (AvgIpc) is 2.48. The van der Waals surface area contributed by atoms with E-state index in [0.717, 1.165) is 29.8 Å². The highest BCUT2D eigenvalue weighted by molar-refractivity contribution is 9.10. The molecule has 3 heteroatoms. The summed E-state index contributed by atoms with van der Waals surface area (Å²) in [7, 11) is 0. The number of benzene rings is 2. The summed E-state index contributed by atoms with van der Waals surface area (Å²) >= 11 is 3.53. The number of hydrogen-bond donors (Lipinski definition) is 1. The Morgan fingerprint density at radius 1 is 1.25 bits per heavy atom. The Hall–Kier alpha value is -1.48. The summed E-state index contributed by atoms with van der Waals surface area (Å²) < 4.78 is 6.86. The van der Waals surface area contributed by atoms with Crippen LogP contribution in [-0.2, 0) is 0 Å². The SMILES string of the molecule is Cc1cc(NCC2CCOc3ccccc32)ccc1Br. The van der Waals surface area contributed by atoms with Gasteiger partial charge in [-0.2, -0.15) is 0 Å². The molecule has 0 aliphatic carbocycles. The van der Waals surface area contributed by atoms with Gasteiger partial charge < -0.3 is 10.1 Å². The number of ether oxygens (including phenoxy) is 1. The molecule has 2 aromatic carbocycles. The average molecular weight is 332 g/mol. The highest BCUT2D eigenvalue weighted by Gasteiger charge is 2.20. The van der Waals surface area contributed by atoms with Crippen molar-refractivity contribution in [2.45, 2.75) is 19.3 Å². The van der Waals surface area contributed by atoms with Gasteiger partial charge >= 0.3 is 0 Å². The fraction of sp³-hybridized carbons (Fsp3) is 0.294. The van der Waals surface area contributed by atoms with E-state index in [-0.39, 0.29) is 0 Å². The van der Waals surface area contributed by atoms with Crippen molar-refractivity contribution < 1.29 is 4.74 Å². The van der Waals surface area contributed by atoms with Crippen molar-refractivity contribution in [3.63, 3.8) is 0 Å². The number of para-hydroxylation sites is 1. The van der Waals surface area contributed by atoms with Crippen LogP contribution < -0.4 is 10.1 Å². The third kappa shape index (κ3) is 2.83. The molecule has 0 aromatic heterocycles. The zero-order valence-corrected chi connectivity index (χ0v) is 13.1. The van der Waals surface area contributed by atoms with Crippen LogP contribution in [0.5, 0.6) is 5.75 Å². The molecule has 2 aromatic rings. The molecule has 1 aliphatic heterocycles. The van der Waals surface area contributed by atoms with E-state index in [2.05, 4.69) is 64.6 Å². The Kier molecular flexibility index (Phi) is 3.97. The lowest BCUT2D eigenvalue weighted by atomic mass is 9.93. The number of halogens is 1. The zero-order chi connectivity index (χ0) is 13.9. The number of anilines is 1. The minimum absolute atomic E-state index is 0.518. The molecule has 0 bridgehead atoms. The van der Waals surface area contributed by atoms with Crippen molar-refractivity contribution in [3.05, 3.63) is 58.1 Å². The van der Waals surface area contributed by atoms with Gasteiger partial charge in [0.15, 0.2) is 0 Å². The summed E-state index contributed by atoms with van der Waals surface area (Å²) in [5, 5.41) is 3.55. The minimum Gasteiger partial charge on any atom is -0.493 e. The number of nitrogens with one attached hydrogen (secondary N) is 1.